The van der Waals surface area contributed by atoms with Crippen molar-refractivity contribution >= 4 is 5.97 Å². The molecule has 1 atom stereocenters. The van der Waals surface area contributed by atoms with Crippen LogP contribution in [0, 0.1) is 5.92 Å². The fraction of sp³-hybridized carbons (Fsp3) is 0.562. The Bertz CT molecular complexity index is 441. The van der Waals surface area contributed by atoms with Gasteiger partial charge in [0.15, 0.2) is 0 Å². The Morgan fingerprint density at radius 2 is 2.20 bits per heavy atom. The summed E-state index contributed by atoms with van der Waals surface area (Å²) in [5, 5.41) is 12.4. The Morgan fingerprint density at radius 3 is 2.90 bits per heavy atom. The molecule has 4 nitrogen and oxygen atoms in total. The number of benzene rings is 1. The van der Waals surface area contributed by atoms with Gasteiger partial charge in [0.25, 0.3) is 0 Å². The van der Waals surface area contributed by atoms with E-state index >= 15 is 0 Å². The molecular weight excluding hydrogens is 254 g/mol. The van der Waals surface area contributed by atoms with Crippen LogP contribution < -0.4 is 10.1 Å². The van der Waals surface area contributed by atoms with Crippen LogP contribution in [0.5, 0.6) is 5.75 Å². The highest BCUT2D eigenvalue weighted by molar-refractivity contribution is 5.87. The molecular formula is C16H23NO3. The lowest BCUT2D eigenvalue weighted by Gasteiger charge is -2.20. The molecule has 1 aliphatic rings. The average Bonchev–Trinajstić information content (AvgIpc) is 2.98. The summed E-state index contributed by atoms with van der Waals surface area (Å²) in [5.74, 6) is 0.481. The van der Waals surface area contributed by atoms with Gasteiger partial charge in [-0.3, -0.25) is 0 Å². The van der Waals surface area contributed by atoms with Gasteiger partial charge in [0, 0.05) is 12.6 Å². The number of carboxylic acids is 1. The second-order valence-corrected chi connectivity index (χ2v) is 5.47. The summed E-state index contributed by atoms with van der Waals surface area (Å²) in [5.41, 5.74) is 0.259. The first-order chi connectivity index (χ1) is 9.66. The van der Waals surface area contributed by atoms with Gasteiger partial charge in [-0.05, 0) is 43.9 Å². The van der Waals surface area contributed by atoms with Crippen molar-refractivity contribution in [2.24, 2.45) is 5.92 Å². The summed E-state index contributed by atoms with van der Waals surface area (Å²) in [4.78, 5) is 10.9. The predicted octanol–water partition coefficient (Wildman–Crippen LogP) is 2.93. The van der Waals surface area contributed by atoms with E-state index in [-0.39, 0.29) is 5.56 Å². The quantitative estimate of drug-likeness (QED) is 0.752. The molecule has 2 N–H and O–H groups in total. The zero-order valence-corrected chi connectivity index (χ0v) is 12.0. The van der Waals surface area contributed by atoms with E-state index in [1.54, 1.807) is 24.3 Å². The van der Waals surface area contributed by atoms with Crippen molar-refractivity contribution in [1.82, 2.24) is 5.32 Å². The minimum absolute atomic E-state index is 0.259. The predicted molar refractivity (Wildman–Crippen MR) is 78.3 cm³/mol. The lowest BCUT2D eigenvalue weighted by atomic mass is 10.00. The fourth-order valence-electron chi connectivity index (χ4n) is 2.80. The largest absolute Gasteiger partial charge is 0.492 e. The molecule has 0 aromatic heterocycles. The molecule has 0 aliphatic heterocycles. The highest BCUT2D eigenvalue weighted by Gasteiger charge is 2.20. The molecule has 1 aliphatic carbocycles. The van der Waals surface area contributed by atoms with Crippen LogP contribution in [0.25, 0.3) is 0 Å². The molecule has 20 heavy (non-hydrogen) atoms. The molecule has 1 fully saturated rings. The summed E-state index contributed by atoms with van der Waals surface area (Å²) >= 11 is 0. The molecule has 0 heterocycles. The van der Waals surface area contributed by atoms with Gasteiger partial charge in [-0.1, -0.05) is 18.9 Å². The van der Waals surface area contributed by atoms with E-state index in [0.717, 1.165) is 12.5 Å². The number of hydrogen-bond acceptors (Lipinski definition) is 3. The number of hydrogen-bond donors (Lipinski definition) is 2. The van der Waals surface area contributed by atoms with Gasteiger partial charge in [-0.15, -0.1) is 0 Å². The number of aromatic carboxylic acids is 1. The minimum Gasteiger partial charge on any atom is -0.492 e. The lowest BCUT2D eigenvalue weighted by molar-refractivity contribution is 0.0696. The zero-order chi connectivity index (χ0) is 14.4. The van der Waals surface area contributed by atoms with Gasteiger partial charge < -0.3 is 15.2 Å². The Labute approximate surface area is 120 Å². The van der Waals surface area contributed by atoms with Gasteiger partial charge in [0.2, 0.25) is 0 Å². The van der Waals surface area contributed by atoms with Gasteiger partial charge in [0.1, 0.15) is 12.4 Å². The standard InChI is InChI=1S/C16H23NO3/c1-12(13-5-2-3-6-13)17-9-10-20-15-8-4-7-14(11-15)16(18)19/h4,7-8,11-13,17H,2-3,5-6,9-10H2,1H3,(H,18,19)/t12-/m1/s1. The molecule has 1 aromatic carbocycles. The van der Waals surface area contributed by atoms with Crippen LogP contribution in [0.4, 0.5) is 0 Å². The Hall–Kier alpha value is -1.55. The molecule has 0 radical (unpaired) electrons. The molecule has 0 bridgehead atoms. The highest BCUT2D eigenvalue weighted by Crippen LogP contribution is 2.27. The first-order valence-corrected chi connectivity index (χ1v) is 7.36. The van der Waals surface area contributed by atoms with Crippen molar-refractivity contribution in [3.05, 3.63) is 29.8 Å². The molecule has 1 saturated carbocycles. The first kappa shape index (κ1) is 14.9. The van der Waals surface area contributed by atoms with Crippen LogP contribution in [0.2, 0.25) is 0 Å². The molecule has 0 unspecified atom stereocenters. The van der Waals surface area contributed by atoms with E-state index in [1.165, 1.54) is 25.7 Å². The number of nitrogens with one attached hydrogen (secondary N) is 1. The van der Waals surface area contributed by atoms with Crippen molar-refractivity contribution in [3.8, 4) is 5.75 Å². The summed E-state index contributed by atoms with van der Waals surface area (Å²) in [7, 11) is 0. The van der Waals surface area contributed by atoms with Crippen molar-refractivity contribution in [1.29, 1.82) is 0 Å². The van der Waals surface area contributed by atoms with Crippen molar-refractivity contribution in [2.45, 2.75) is 38.6 Å². The minimum atomic E-state index is -0.927. The van der Waals surface area contributed by atoms with E-state index in [2.05, 4.69) is 12.2 Å². The SMILES string of the molecule is C[C@@H](NCCOc1cccc(C(=O)O)c1)C1CCCC1. The van der Waals surface area contributed by atoms with Gasteiger partial charge in [-0.2, -0.15) is 0 Å². The molecule has 110 valence electrons. The fourth-order valence-corrected chi connectivity index (χ4v) is 2.80. The molecule has 2 rings (SSSR count). The number of carbonyl (C=O) groups is 1. The highest BCUT2D eigenvalue weighted by atomic mass is 16.5. The number of carboxylic acid groups (broad SMARTS) is 1. The van der Waals surface area contributed by atoms with Crippen LogP contribution in [-0.2, 0) is 0 Å². The topological polar surface area (TPSA) is 58.6 Å². The number of rotatable bonds is 7. The lowest BCUT2D eigenvalue weighted by Crippen LogP contribution is -2.35. The molecule has 1 aromatic rings. The van der Waals surface area contributed by atoms with Crippen LogP contribution >= 0.6 is 0 Å². The zero-order valence-electron chi connectivity index (χ0n) is 12.0. The van der Waals surface area contributed by atoms with Crippen molar-refractivity contribution in [3.63, 3.8) is 0 Å². The van der Waals surface area contributed by atoms with Crippen LogP contribution in [0.15, 0.2) is 24.3 Å². The molecule has 0 amide bonds. The van der Waals surface area contributed by atoms with Crippen LogP contribution in [0.1, 0.15) is 43.0 Å². The number of ether oxygens (including phenoxy) is 1. The molecule has 0 saturated heterocycles. The summed E-state index contributed by atoms with van der Waals surface area (Å²) in [6, 6.07) is 7.14. The maximum Gasteiger partial charge on any atom is 0.335 e. The maximum absolute atomic E-state index is 10.9. The van der Waals surface area contributed by atoms with Gasteiger partial charge >= 0.3 is 5.97 Å². The summed E-state index contributed by atoms with van der Waals surface area (Å²) in [6.07, 6.45) is 5.37. The van der Waals surface area contributed by atoms with E-state index in [0.29, 0.717) is 18.4 Å². The third-order valence-corrected chi connectivity index (χ3v) is 4.03. The second kappa shape index (κ2) is 7.29. The molecule has 0 spiro atoms. The third kappa shape index (κ3) is 4.23. The van der Waals surface area contributed by atoms with E-state index in [1.807, 2.05) is 0 Å². The van der Waals surface area contributed by atoms with Crippen molar-refractivity contribution in [2.75, 3.05) is 13.2 Å². The van der Waals surface area contributed by atoms with Crippen molar-refractivity contribution < 1.29 is 14.6 Å². The smallest absolute Gasteiger partial charge is 0.335 e. The Kier molecular flexibility index (Phi) is 5.41. The van der Waals surface area contributed by atoms with Crippen LogP contribution in [0.3, 0.4) is 0 Å². The van der Waals surface area contributed by atoms with E-state index < -0.39 is 5.97 Å². The third-order valence-electron chi connectivity index (χ3n) is 4.03. The Morgan fingerprint density at radius 1 is 1.45 bits per heavy atom. The summed E-state index contributed by atoms with van der Waals surface area (Å²) in [6.45, 7) is 3.58. The average molecular weight is 277 g/mol. The second-order valence-electron chi connectivity index (χ2n) is 5.47. The monoisotopic (exact) mass is 277 g/mol. The molecule has 4 heteroatoms. The van der Waals surface area contributed by atoms with Crippen LogP contribution in [-0.4, -0.2) is 30.3 Å². The van der Waals surface area contributed by atoms with E-state index in [9.17, 15) is 4.79 Å². The van der Waals surface area contributed by atoms with Gasteiger partial charge in [-0.25, -0.2) is 4.79 Å². The normalized spacial score (nSPS) is 17.1. The first-order valence-electron chi connectivity index (χ1n) is 7.36. The van der Waals surface area contributed by atoms with Gasteiger partial charge in [0.05, 0.1) is 5.56 Å². The Balaban J connectivity index is 1.70. The summed E-state index contributed by atoms with van der Waals surface area (Å²) < 4.78 is 5.58. The van der Waals surface area contributed by atoms with E-state index in [4.69, 9.17) is 9.84 Å². The maximum atomic E-state index is 10.9.